The number of H-pyrrole nitrogens is 1. The molecule has 0 radical (unpaired) electrons. The summed E-state index contributed by atoms with van der Waals surface area (Å²) in [5.74, 6) is -0.625. The quantitative estimate of drug-likeness (QED) is 0.590. The van der Waals surface area contributed by atoms with Gasteiger partial charge < -0.3 is 5.32 Å². The highest BCUT2D eigenvalue weighted by Gasteiger charge is 2.23. The number of carbonyl (C=O) groups excluding carboxylic acids is 1. The van der Waals surface area contributed by atoms with Crippen LogP contribution < -0.4 is 11.0 Å². The molecule has 0 saturated carbocycles. The minimum atomic E-state index is -0.712. The van der Waals surface area contributed by atoms with Crippen LogP contribution in [0.2, 0.25) is 5.02 Å². The van der Waals surface area contributed by atoms with Crippen LogP contribution in [-0.2, 0) is 11.3 Å². The van der Waals surface area contributed by atoms with Gasteiger partial charge in [0, 0.05) is 23.1 Å². The molecule has 6 nitrogen and oxygen atoms in total. The van der Waals surface area contributed by atoms with Crippen LogP contribution in [0.5, 0.6) is 0 Å². The fraction of sp³-hybridized carbons (Fsp3) is 0.348. The normalized spacial score (nSPS) is 11.0. The van der Waals surface area contributed by atoms with E-state index >= 15 is 4.39 Å². The number of amides is 1. The summed E-state index contributed by atoms with van der Waals surface area (Å²) >= 11 is 6.18. The molecule has 0 spiro atoms. The molecule has 1 aromatic heterocycles. The highest BCUT2D eigenvalue weighted by atomic mass is 35.5. The van der Waals surface area contributed by atoms with Gasteiger partial charge >= 0.3 is 5.69 Å². The van der Waals surface area contributed by atoms with Crippen LogP contribution in [0.4, 0.5) is 4.39 Å². The average Bonchev–Trinajstić information content (AvgIpc) is 3.10. The molecule has 0 fully saturated rings. The molecular formula is C23H28ClFN4O2. The van der Waals surface area contributed by atoms with E-state index in [4.69, 9.17) is 11.6 Å². The summed E-state index contributed by atoms with van der Waals surface area (Å²) < 4.78 is 16.1. The fourth-order valence-electron chi connectivity index (χ4n) is 2.67. The molecule has 0 saturated heterocycles. The maximum Gasteiger partial charge on any atom is 0.348 e. The van der Waals surface area contributed by atoms with E-state index in [0.717, 1.165) is 10.2 Å². The number of halogens is 2. The van der Waals surface area contributed by atoms with Crippen molar-refractivity contribution >= 4 is 17.5 Å². The van der Waals surface area contributed by atoms with Gasteiger partial charge in [-0.3, -0.25) is 9.78 Å². The molecular weight excluding hydrogens is 419 g/mol. The number of hydrogen-bond acceptors (Lipinski definition) is 3. The van der Waals surface area contributed by atoms with E-state index in [1.54, 1.807) is 20.8 Å². The Hall–Kier alpha value is -2.93. The summed E-state index contributed by atoms with van der Waals surface area (Å²) in [4.78, 5) is 27.1. The Bertz CT molecular complexity index is 1110. The summed E-state index contributed by atoms with van der Waals surface area (Å²) in [7, 11) is 0. The van der Waals surface area contributed by atoms with E-state index in [9.17, 15) is 9.59 Å². The SMILES string of the molecule is CC.Cc1ccc(-c2nn(-c3c(Cl)ccc(CNC(=O)C(C)(C)C)c3F)c(=O)[nH]2)cc1. The van der Waals surface area contributed by atoms with Gasteiger partial charge in [-0.25, -0.2) is 9.18 Å². The third kappa shape index (κ3) is 5.61. The Morgan fingerprint density at radius 2 is 1.77 bits per heavy atom. The van der Waals surface area contributed by atoms with Crippen molar-refractivity contribution in [2.24, 2.45) is 5.41 Å². The van der Waals surface area contributed by atoms with Crippen LogP contribution in [0.15, 0.2) is 41.2 Å². The van der Waals surface area contributed by atoms with Crippen LogP contribution >= 0.6 is 11.6 Å². The van der Waals surface area contributed by atoms with Gasteiger partial charge in [-0.15, -0.1) is 5.10 Å². The van der Waals surface area contributed by atoms with Gasteiger partial charge in [-0.2, -0.15) is 4.68 Å². The zero-order valence-corrected chi connectivity index (χ0v) is 19.4. The Morgan fingerprint density at radius 3 is 2.35 bits per heavy atom. The molecule has 3 rings (SSSR count). The molecule has 0 aliphatic heterocycles. The van der Waals surface area contributed by atoms with Gasteiger partial charge in [0.15, 0.2) is 11.6 Å². The lowest BCUT2D eigenvalue weighted by atomic mass is 9.95. The number of nitrogens with one attached hydrogen (secondary N) is 2. The summed E-state index contributed by atoms with van der Waals surface area (Å²) in [6.45, 7) is 11.2. The Morgan fingerprint density at radius 1 is 1.16 bits per heavy atom. The molecule has 0 aliphatic rings. The number of rotatable bonds is 4. The van der Waals surface area contributed by atoms with Crippen molar-refractivity contribution in [2.45, 2.75) is 48.1 Å². The summed E-state index contributed by atoms with van der Waals surface area (Å²) in [5.41, 5.74) is 0.583. The number of aromatic amines is 1. The number of aryl methyl sites for hydroxylation is 1. The van der Waals surface area contributed by atoms with Gasteiger partial charge in [0.05, 0.1) is 5.02 Å². The first-order valence-electron chi connectivity index (χ1n) is 10.1. The highest BCUT2D eigenvalue weighted by Crippen LogP contribution is 2.26. The first-order chi connectivity index (χ1) is 14.6. The fourth-order valence-corrected chi connectivity index (χ4v) is 2.90. The van der Waals surface area contributed by atoms with Crippen LogP contribution in [0.3, 0.4) is 0 Å². The van der Waals surface area contributed by atoms with Gasteiger partial charge in [-0.05, 0) is 13.0 Å². The number of nitrogens with zero attached hydrogens (tertiary/aromatic N) is 2. The standard InChI is InChI=1S/C21H22ClFN4O2.C2H6/c1-12-5-7-13(8-6-12)18-25-20(29)27(26-18)17-15(22)10-9-14(16(17)23)11-24-19(28)21(2,3)4;1-2/h5-10H,11H2,1-4H3,(H,24,28)(H,25,26,29);1-2H3. The molecule has 0 aliphatic carbocycles. The maximum atomic E-state index is 15.2. The van der Waals surface area contributed by atoms with Gasteiger partial charge in [0.1, 0.15) is 5.69 Å². The molecule has 0 unspecified atom stereocenters. The maximum absolute atomic E-state index is 15.2. The van der Waals surface area contributed by atoms with Crippen LogP contribution in [0.25, 0.3) is 17.1 Å². The lowest BCUT2D eigenvalue weighted by Gasteiger charge is -2.18. The first-order valence-corrected chi connectivity index (χ1v) is 10.5. The van der Waals surface area contributed by atoms with E-state index in [0.29, 0.717) is 11.4 Å². The van der Waals surface area contributed by atoms with Crippen LogP contribution in [-0.4, -0.2) is 20.7 Å². The van der Waals surface area contributed by atoms with Crippen molar-refractivity contribution in [1.82, 2.24) is 20.1 Å². The van der Waals surface area contributed by atoms with Gasteiger partial charge in [0.25, 0.3) is 0 Å². The van der Waals surface area contributed by atoms with Crippen LogP contribution in [0.1, 0.15) is 45.7 Å². The van der Waals surface area contributed by atoms with Crippen molar-refractivity contribution in [3.8, 4) is 17.1 Å². The molecule has 166 valence electrons. The summed E-state index contributed by atoms with van der Waals surface area (Å²) in [6.07, 6.45) is 0. The van der Waals surface area contributed by atoms with E-state index in [1.807, 2.05) is 45.0 Å². The molecule has 8 heteroatoms. The average molecular weight is 447 g/mol. The van der Waals surface area contributed by atoms with Crippen molar-refractivity contribution < 1.29 is 9.18 Å². The molecule has 1 amide bonds. The molecule has 0 bridgehead atoms. The lowest BCUT2D eigenvalue weighted by molar-refractivity contribution is -0.128. The van der Waals surface area contributed by atoms with E-state index in [1.165, 1.54) is 12.1 Å². The minimum absolute atomic E-state index is 0.0316. The first kappa shape index (κ1) is 24.3. The largest absolute Gasteiger partial charge is 0.351 e. The number of aromatic nitrogens is 3. The molecule has 2 aromatic carbocycles. The van der Waals surface area contributed by atoms with Gasteiger partial charge in [-0.1, -0.05) is 82.1 Å². The Labute approximate surface area is 186 Å². The predicted molar refractivity (Wildman–Crippen MR) is 122 cm³/mol. The van der Waals surface area contributed by atoms with Crippen LogP contribution in [0, 0.1) is 18.2 Å². The van der Waals surface area contributed by atoms with E-state index < -0.39 is 16.9 Å². The number of carbonyl (C=O) groups is 1. The Kier molecular flexibility index (Phi) is 7.79. The molecule has 0 atom stereocenters. The summed E-state index contributed by atoms with van der Waals surface area (Å²) in [6, 6.07) is 10.4. The highest BCUT2D eigenvalue weighted by molar-refractivity contribution is 6.32. The molecule has 3 aromatic rings. The number of hydrogen-bond donors (Lipinski definition) is 2. The number of benzene rings is 2. The van der Waals surface area contributed by atoms with E-state index in [2.05, 4.69) is 15.4 Å². The lowest BCUT2D eigenvalue weighted by Crippen LogP contribution is -2.34. The zero-order chi connectivity index (χ0) is 23.3. The third-order valence-electron chi connectivity index (χ3n) is 4.42. The third-order valence-corrected chi connectivity index (χ3v) is 4.73. The zero-order valence-electron chi connectivity index (χ0n) is 18.6. The minimum Gasteiger partial charge on any atom is -0.351 e. The second kappa shape index (κ2) is 9.92. The molecule has 1 heterocycles. The predicted octanol–water partition coefficient (Wildman–Crippen LogP) is 5.02. The Balaban J connectivity index is 0.00000166. The molecule has 31 heavy (non-hydrogen) atoms. The topological polar surface area (TPSA) is 79.8 Å². The molecule has 2 N–H and O–H groups in total. The smallest absolute Gasteiger partial charge is 0.348 e. The second-order valence-electron chi connectivity index (χ2n) is 7.86. The second-order valence-corrected chi connectivity index (χ2v) is 8.27. The van der Waals surface area contributed by atoms with Crippen molar-refractivity contribution in [3.63, 3.8) is 0 Å². The van der Waals surface area contributed by atoms with Crippen molar-refractivity contribution in [2.75, 3.05) is 0 Å². The van der Waals surface area contributed by atoms with Crippen molar-refractivity contribution in [3.05, 3.63) is 68.8 Å². The summed E-state index contributed by atoms with van der Waals surface area (Å²) in [5, 5.41) is 6.94. The van der Waals surface area contributed by atoms with E-state index in [-0.39, 0.29) is 28.7 Å². The monoisotopic (exact) mass is 446 g/mol. The van der Waals surface area contributed by atoms with Gasteiger partial charge in [0.2, 0.25) is 5.91 Å². The van der Waals surface area contributed by atoms with Crippen molar-refractivity contribution in [1.29, 1.82) is 0 Å².